The van der Waals surface area contributed by atoms with E-state index in [0.29, 0.717) is 5.75 Å². The second-order valence-electron chi connectivity index (χ2n) is 4.78. The smallest absolute Gasteiger partial charge is 0.327 e. The van der Waals surface area contributed by atoms with E-state index in [1.54, 1.807) is 16.7 Å². The maximum atomic E-state index is 12.5. The highest BCUT2D eigenvalue weighted by Gasteiger charge is 2.41. The fraction of sp³-hybridized carbons (Fsp3) is 0.846. The summed E-state index contributed by atoms with van der Waals surface area (Å²) in [7, 11) is 0. The molecule has 0 aromatic carbocycles. The predicted octanol–water partition coefficient (Wildman–Crippen LogP) is 2.58. The Morgan fingerprint density at radius 2 is 2.11 bits per heavy atom. The van der Waals surface area contributed by atoms with Gasteiger partial charge in [0.1, 0.15) is 6.04 Å². The lowest BCUT2D eigenvalue weighted by molar-refractivity contribution is -0.150. The predicted molar refractivity (Wildman–Crippen MR) is 73.5 cm³/mol. The van der Waals surface area contributed by atoms with Crippen LogP contribution in [0.4, 0.5) is 0 Å². The largest absolute Gasteiger partial charge is 0.480 e. The molecule has 104 valence electrons. The van der Waals surface area contributed by atoms with E-state index in [1.165, 1.54) is 0 Å². The van der Waals surface area contributed by atoms with Crippen molar-refractivity contribution >= 4 is 23.6 Å². The molecule has 5 heteroatoms. The van der Waals surface area contributed by atoms with Crippen molar-refractivity contribution < 1.29 is 14.7 Å². The first kappa shape index (κ1) is 15.3. The maximum absolute atomic E-state index is 12.5. The van der Waals surface area contributed by atoms with Crippen LogP contribution >= 0.6 is 11.8 Å². The molecule has 0 radical (unpaired) electrons. The molecule has 1 N–H and O–H groups in total. The first-order valence-corrected chi connectivity index (χ1v) is 7.74. The molecule has 1 fully saturated rings. The van der Waals surface area contributed by atoms with Gasteiger partial charge in [-0.25, -0.2) is 4.79 Å². The number of carbonyl (C=O) groups is 2. The van der Waals surface area contributed by atoms with Crippen LogP contribution in [0.15, 0.2) is 0 Å². The summed E-state index contributed by atoms with van der Waals surface area (Å²) in [6, 6.07) is -0.645. The van der Waals surface area contributed by atoms with Crippen LogP contribution in [0.2, 0.25) is 0 Å². The number of amides is 1. The molecule has 0 aromatic rings. The molecular formula is C13H23NO3S. The van der Waals surface area contributed by atoms with Gasteiger partial charge in [0.2, 0.25) is 5.91 Å². The minimum Gasteiger partial charge on any atom is -0.480 e. The first-order valence-electron chi connectivity index (χ1n) is 6.69. The number of rotatable bonds is 6. The van der Waals surface area contributed by atoms with Crippen LogP contribution in [0, 0.1) is 5.92 Å². The summed E-state index contributed by atoms with van der Waals surface area (Å²) in [5, 5.41) is 9.15. The lowest BCUT2D eigenvalue weighted by atomic mass is 9.97. The van der Waals surface area contributed by atoms with Crippen molar-refractivity contribution in [3.63, 3.8) is 0 Å². The molecule has 1 aliphatic heterocycles. The second-order valence-corrected chi connectivity index (χ2v) is 6.13. The van der Waals surface area contributed by atoms with E-state index in [0.717, 1.165) is 25.7 Å². The molecule has 3 atom stereocenters. The molecule has 18 heavy (non-hydrogen) atoms. The summed E-state index contributed by atoms with van der Waals surface area (Å²) >= 11 is 1.55. The number of hydrogen-bond acceptors (Lipinski definition) is 3. The molecule has 1 amide bonds. The molecular weight excluding hydrogens is 250 g/mol. The highest BCUT2D eigenvalue weighted by atomic mass is 32.2. The van der Waals surface area contributed by atoms with E-state index in [9.17, 15) is 14.7 Å². The Morgan fingerprint density at radius 3 is 2.61 bits per heavy atom. The zero-order valence-corrected chi connectivity index (χ0v) is 12.2. The molecule has 0 bridgehead atoms. The molecule has 1 heterocycles. The number of unbranched alkanes of at least 4 members (excludes halogenated alkanes) is 1. The molecule has 0 aromatic heterocycles. The first-order chi connectivity index (χ1) is 8.52. The highest BCUT2D eigenvalue weighted by Crippen LogP contribution is 2.31. The molecule has 0 aliphatic carbocycles. The van der Waals surface area contributed by atoms with Crippen LogP contribution in [-0.4, -0.2) is 39.1 Å². The average molecular weight is 273 g/mol. The summed E-state index contributed by atoms with van der Waals surface area (Å²) in [6.07, 6.45) is 3.75. The van der Waals surface area contributed by atoms with Crippen LogP contribution in [0.3, 0.4) is 0 Å². The molecule has 1 aliphatic rings. The third kappa shape index (κ3) is 3.40. The van der Waals surface area contributed by atoms with Crippen LogP contribution in [0.5, 0.6) is 0 Å². The molecule has 4 nitrogen and oxygen atoms in total. The standard InChI is InChI=1S/C13H23NO3S/c1-4-6-7-10(5-2)12(15)14-9(3)18-8-11(14)13(16)17/h9-11H,4-8H2,1-3H3,(H,16,17). The Kier molecular flexibility index (Phi) is 5.99. The Hall–Kier alpha value is -0.710. The van der Waals surface area contributed by atoms with Gasteiger partial charge in [-0.2, -0.15) is 0 Å². The monoisotopic (exact) mass is 273 g/mol. The van der Waals surface area contributed by atoms with Gasteiger partial charge < -0.3 is 10.0 Å². The van der Waals surface area contributed by atoms with E-state index in [1.807, 2.05) is 13.8 Å². The van der Waals surface area contributed by atoms with Gasteiger partial charge in [0.25, 0.3) is 0 Å². The number of carboxylic acids is 1. The average Bonchev–Trinajstić information content (AvgIpc) is 2.72. The number of carbonyl (C=O) groups excluding carboxylic acids is 1. The molecule has 1 rings (SSSR count). The minimum atomic E-state index is -0.884. The molecule has 1 saturated heterocycles. The number of carboxylic acid groups (broad SMARTS) is 1. The zero-order chi connectivity index (χ0) is 13.7. The number of thioether (sulfide) groups is 1. The van der Waals surface area contributed by atoms with Gasteiger partial charge in [0.15, 0.2) is 0 Å². The Balaban J connectivity index is 2.75. The van der Waals surface area contributed by atoms with E-state index in [2.05, 4.69) is 6.92 Å². The van der Waals surface area contributed by atoms with Gasteiger partial charge >= 0.3 is 5.97 Å². The maximum Gasteiger partial charge on any atom is 0.327 e. The van der Waals surface area contributed by atoms with E-state index >= 15 is 0 Å². The fourth-order valence-electron chi connectivity index (χ4n) is 2.33. The zero-order valence-electron chi connectivity index (χ0n) is 11.4. The van der Waals surface area contributed by atoms with Gasteiger partial charge in [-0.05, 0) is 19.8 Å². The normalized spacial score (nSPS) is 25.2. The Bertz CT molecular complexity index is 309. The van der Waals surface area contributed by atoms with Gasteiger partial charge in [-0.1, -0.05) is 26.7 Å². The summed E-state index contributed by atoms with van der Waals surface area (Å²) in [5.74, 6) is -0.374. The number of aliphatic carboxylic acids is 1. The Labute approximate surface area is 113 Å². The van der Waals surface area contributed by atoms with E-state index in [4.69, 9.17) is 0 Å². The fourth-order valence-corrected chi connectivity index (χ4v) is 3.51. The third-order valence-electron chi connectivity index (χ3n) is 3.51. The lowest BCUT2D eigenvalue weighted by Gasteiger charge is -2.29. The van der Waals surface area contributed by atoms with Crippen molar-refractivity contribution in [2.75, 3.05) is 5.75 Å². The highest BCUT2D eigenvalue weighted by molar-refractivity contribution is 8.00. The van der Waals surface area contributed by atoms with Crippen molar-refractivity contribution in [3.05, 3.63) is 0 Å². The van der Waals surface area contributed by atoms with Crippen molar-refractivity contribution in [2.45, 2.75) is 57.9 Å². The van der Waals surface area contributed by atoms with Crippen LogP contribution in [-0.2, 0) is 9.59 Å². The van der Waals surface area contributed by atoms with Gasteiger partial charge in [0, 0.05) is 11.7 Å². The Morgan fingerprint density at radius 1 is 1.44 bits per heavy atom. The van der Waals surface area contributed by atoms with Crippen LogP contribution < -0.4 is 0 Å². The van der Waals surface area contributed by atoms with Crippen molar-refractivity contribution in [1.82, 2.24) is 4.90 Å². The second kappa shape index (κ2) is 7.02. The SMILES string of the molecule is CCCCC(CC)C(=O)N1C(C)SCC1C(=O)O. The summed E-state index contributed by atoms with van der Waals surface area (Å²) in [5.41, 5.74) is 0. The van der Waals surface area contributed by atoms with Gasteiger partial charge in [-0.3, -0.25) is 4.79 Å². The quantitative estimate of drug-likeness (QED) is 0.808. The van der Waals surface area contributed by atoms with Gasteiger partial charge in [0.05, 0.1) is 5.37 Å². The summed E-state index contributed by atoms with van der Waals surface area (Å²) in [6.45, 7) is 6.02. The van der Waals surface area contributed by atoms with Crippen molar-refractivity contribution in [1.29, 1.82) is 0 Å². The van der Waals surface area contributed by atoms with E-state index in [-0.39, 0.29) is 17.2 Å². The number of hydrogen-bond donors (Lipinski definition) is 1. The van der Waals surface area contributed by atoms with Crippen LogP contribution in [0.25, 0.3) is 0 Å². The van der Waals surface area contributed by atoms with E-state index < -0.39 is 12.0 Å². The minimum absolute atomic E-state index is 0.0192. The third-order valence-corrected chi connectivity index (χ3v) is 4.73. The van der Waals surface area contributed by atoms with Crippen molar-refractivity contribution in [3.8, 4) is 0 Å². The topological polar surface area (TPSA) is 57.6 Å². The van der Waals surface area contributed by atoms with Crippen molar-refractivity contribution in [2.24, 2.45) is 5.92 Å². The van der Waals surface area contributed by atoms with Gasteiger partial charge in [-0.15, -0.1) is 11.8 Å². The van der Waals surface area contributed by atoms with Crippen LogP contribution in [0.1, 0.15) is 46.5 Å². The summed E-state index contributed by atoms with van der Waals surface area (Å²) < 4.78 is 0. The molecule has 0 spiro atoms. The summed E-state index contributed by atoms with van der Waals surface area (Å²) in [4.78, 5) is 25.2. The lowest BCUT2D eigenvalue weighted by Crippen LogP contribution is -2.47. The molecule has 3 unspecified atom stereocenters. The number of nitrogens with zero attached hydrogens (tertiary/aromatic N) is 1. The molecule has 0 saturated carbocycles.